The number of ether oxygens (including phenoxy) is 1. The maximum absolute atomic E-state index is 12.1. The molecule has 2 rings (SSSR count). The topological polar surface area (TPSA) is 32.8 Å². The van der Waals surface area contributed by atoms with Gasteiger partial charge in [-0.1, -0.05) is 19.3 Å². The first-order valence-corrected chi connectivity index (χ1v) is 8.57. The van der Waals surface area contributed by atoms with Crippen molar-refractivity contribution >= 4 is 6.09 Å². The number of hydrogen-bond donors (Lipinski definition) is 0. The molecule has 1 amide bonds. The maximum Gasteiger partial charge on any atom is 0.410 e. The monoisotopic (exact) mass is 296 g/mol. The minimum absolute atomic E-state index is 0.152. The van der Waals surface area contributed by atoms with E-state index >= 15 is 0 Å². The smallest absolute Gasteiger partial charge is 0.410 e. The van der Waals surface area contributed by atoms with Crippen molar-refractivity contribution in [3.05, 3.63) is 0 Å². The van der Waals surface area contributed by atoms with E-state index in [0.29, 0.717) is 6.04 Å². The van der Waals surface area contributed by atoms with E-state index < -0.39 is 5.60 Å². The van der Waals surface area contributed by atoms with Gasteiger partial charge in [-0.3, -0.25) is 0 Å². The van der Waals surface area contributed by atoms with Crippen LogP contribution in [0.3, 0.4) is 0 Å². The fraction of sp³-hybridized carbons (Fsp3) is 0.941. The van der Waals surface area contributed by atoms with Gasteiger partial charge in [-0.2, -0.15) is 0 Å². The van der Waals surface area contributed by atoms with E-state index in [1.807, 2.05) is 25.7 Å². The normalized spacial score (nSPS) is 22.6. The van der Waals surface area contributed by atoms with E-state index in [4.69, 9.17) is 4.74 Å². The minimum Gasteiger partial charge on any atom is -0.444 e. The van der Waals surface area contributed by atoms with Crippen LogP contribution >= 0.6 is 0 Å². The number of carbonyl (C=O) groups excluding carboxylic acids is 1. The zero-order valence-electron chi connectivity index (χ0n) is 14.2. The standard InChI is InChI=1S/C17H32N2O2/c1-17(2,3)21-16(20)19-12-10-15(11-13-19)18(4)14-8-6-5-7-9-14/h14-15H,5-13H2,1-4H3. The van der Waals surface area contributed by atoms with E-state index in [-0.39, 0.29) is 6.09 Å². The minimum atomic E-state index is -0.396. The molecule has 0 atom stereocenters. The lowest BCUT2D eigenvalue weighted by Crippen LogP contribution is -2.49. The summed E-state index contributed by atoms with van der Waals surface area (Å²) in [6.45, 7) is 7.44. The molecule has 0 spiro atoms. The first-order chi connectivity index (χ1) is 9.87. The Hall–Kier alpha value is -0.770. The third-order valence-electron chi connectivity index (χ3n) is 4.84. The molecule has 1 aliphatic heterocycles. The summed E-state index contributed by atoms with van der Waals surface area (Å²) < 4.78 is 5.46. The van der Waals surface area contributed by atoms with E-state index in [1.54, 1.807) is 0 Å². The SMILES string of the molecule is CN(C1CCCCC1)C1CCN(C(=O)OC(C)(C)C)CC1. The molecule has 1 heterocycles. The largest absolute Gasteiger partial charge is 0.444 e. The summed E-state index contributed by atoms with van der Waals surface area (Å²) in [5.41, 5.74) is -0.396. The van der Waals surface area contributed by atoms with Gasteiger partial charge in [0.15, 0.2) is 0 Å². The van der Waals surface area contributed by atoms with E-state index in [2.05, 4.69) is 11.9 Å². The lowest BCUT2D eigenvalue weighted by Gasteiger charge is -2.41. The fourth-order valence-electron chi connectivity index (χ4n) is 3.57. The van der Waals surface area contributed by atoms with Gasteiger partial charge in [-0.05, 0) is 53.5 Å². The van der Waals surface area contributed by atoms with Crippen molar-refractivity contribution in [3.8, 4) is 0 Å². The fourth-order valence-corrected chi connectivity index (χ4v) is 3.57. The molecule has 4 heteroatoms. The van der Waals surface area contributed by atoms with Crippen LogP contribution in [0.4, 0.5) is 4.79 Å². The zero-order valence-corrected chi connectivity index (χ0v) is 14.2. The van der Waals surface area contributed by atoms with Crippen molar-refractivity contribution in [3.63, 3.8) is 0 Å². The lowest BCUT2D eigenvalue weighted by molar-refractivity contribution is 0.0120. The van der Waals surface area contributed by atoms with Gasteiger partial charge in [-0.25, -0.2) is 4.79 Å². The summed E-state index contributed by atoms with van der Waals surface area (Å²) >= 11 is 0. The first kappa shape index (κ1) is 16.6. The van der Waals surface area contributed by atoms with Gasteiger partial charge < -0.3 is 14.5 Å². The zero-order chi connectivity index (χ0) is 15.5. The second-order valence-corrected chi connectivity index (χ2v) is 7.66. The average Bonchev–Trinajstić information content (AvgIpc) is 2.46. The average molecular weight is 296 g/mol. The molecule has 21 heavy (non-hydrogen) atoms. The first-order valence-electron chi connectivity index (χ1n) is 8.57. The number of likely N-dealkylation sites (tertiary alicyclic amines) is 1. The molecule has 0 aromatic carbocycles. The van der Waals surface area contributed by atoms with Crippen LogP contribution in [0.15, 0.2) is 0 Å². The number of nitrogens with zero attached hydrogens (tertiary/aromatic N) is 2. The molecular weight excluding hydrogens is 264 g/mol. The van der Waals surface area contributed by atoms with Crippen LogP contribution < -0.4 is 0 Å². The van der Waals surface area contributed by atoms with Gasteiger partial charge in [-0.15, -0.1) is 0 Å². The van der Waals surface area contributed by atoms with Crippen LogP contribution in [-0.4, -0.2) is 53.7 Å². The van der Waals surface area contributed by atoms with Crippen molar-refractivity contribution in [1.29, 1.82) is 0 Å². The molecule has 0 bridgehead atoms. The molecule has 1 saturated carbocycles. The van der Waals surface area contributed by atoms with Crippen LogP contribution in [0.2, 0.25) is 0 Å². The van der Waals surface area contributed by atoms with Crippen molar-refractivity contribution < 1.29 is 9.53 Å². The summed E-state index contributed by atoms with van der Waals surface area (Å²) in [7, 11) is 2.28. The molecule has 0 aromatic rings. The van der Waals surface area contributed by atoms with Gasteiger partial charge in [0.2, 0.25) is 0 Å². The van der Waals surface area contributed by atoms with Gasteiger partial charge >= 0.3 is 6.09 Å². The van der Waals surface area contributed by atoms with Crippen LogP contribution in [0.1, 0.15) is 65.7 Å². The molecule has 2 aliphatic rings. The third kappa shape index (κ3) is 4.87. The predicted octanol–water partition coefficient (Wildman–Crippen LogP) is 3.65. The van der Waals surface area contributed by atoms with Crippen molar-refractivity contribution in [1.82, 2.24) is 9.80 Å². The number of piperidine rings is 1. The highest BCUT2D eigenvalue weighted by molar-refractivity contribution is 5.68. The van der Waals surface area contributed by atoms with Gasteiger partial charge in [0.25, 0.3) is 0 Å². The van der Waals surface area contributed by atoms with Crippen molar-refractivity contribution in [2.45, 2.75) is 83.4 Å². The Balaban J connectivity index is 1.78. The highest BCUT2D eigenvalue weighted by Crippen LogP contribution is 2.26. The van der Waals surface area contributed by atoms with Crippen LogP contribution in [0.5, 0.6) is 0 Å². The quantitative estimate of drug-likeness (QED) is 0.780. The highest BCUT2D eigenvalue weighted by Gasteiger charge is 2.31. The molecule has 0 unspecified atom stereocenters. The molecule has 1 aliphatic carbocycles. The number of amides is 1. The Labute approximate surface area is 129 Å². The molecule has 0 radical (unpaired) electrons. The number of carbonyl (C=O) groups is 1. The molecule has 4 nitrogen and oxygen atoms in total. The molecular formula is C17H32N2O2. The van der Waals surface area contributed by atoms with Gasteiger partial charge in [0.1, 0.15) is 5.60 Å². The highest BCUT2D eigenvalue weighted by atomic mass is 16.6. The lowest BCUT2D eigenvalue weighted by atomic mass is 9.92. The summed E-state index contributed by atoms with van der Waals surface area (Å²) in [5.74, 6) is 0. The third-order valence-corrected chi connectivity index (χ3v) is 4.84. The summed E-state index contributed by atoms with van der Waals surface area (Å²) in [4.78, 5) is 16.5. The Morgan fingerprint density at radius 1 is 1.00 bits per heavy atom. The maximum atomic E-state index is 12.1. The van der Waals surface area contributed by atoms with E-state index in [1.165, 1.54) is 32.1 Å². The van der Waals surface area contributed by atoms with E-state index in [9.17, 15) is 4.79 Å². The molecule has 1 saturated heterocycles. The predicted molar refractivity (Wildman–Crippen MR) is 85.5 cm³/mol. The van der Waals surface area contributed by atoms with E-state index in [0.717, 1.165) is 32.0 Å². The number of hydrogen-bond acceptors (Lipinski definition) is 3. The molecule has 0 N–H and O–H groups in total. The van der Waals surface area contributed by atoms with Crippen molar-refractivity contribution in [2.75, 3.05) is 20.1 Å². The van der Waals surface area contributed by atoms with Crippen LogP contribution in [0.25, 0.3) is 0 Å². The second kappa shape index (κ2) is 6.99. The molecule has 122 valence electrons. The molecule has 0 aromatic heterocycles. The van der Waals surface area contributed by atoms with Crippen molar-refractivity contribution in [2.24, 2.45) is 0 Å². The Kier molecular flexibility index (Phi) is 5.53. The Morgan fingerprint density at radius 2 is 1.52 bits per heavy atom. The van der Waals surface area contributed by atoms with Crippen LogP contribution in [-0.2, 0) is 4.74 Å². The second-order valence-electron chi connectivity index (χ2n) is 7.66. The summed E-state index contributed by atoms with van der Waals surface area (Å²) in [6, 6.07) is 1.39. The Bertz CT molecular complexity index is 337. The van der Waals surface area contributed by atoms with Gasteiger partial charge in [0.05, 0.1) is 0 Å². The number of rotatable bonds is 2. The van der Waals surface area contributed by atoms with Crippen LogP contribution in [0, 0.1) is 0 Å². The Morgan fingerprint density at radius 3 is 2.05 bits per heavy atom. The molecule has 2 fully saturated rings. The summed E-state index contributed by atoms with van der Waals surface area (Å²) in [6.07, 6.45) is 8.87. The summed E-state index contributed by atoms with van der Waals surface area (Å²) in [5, 5.41) is 0. The van der Waals surface area contributed by atoms with Gasteiger partial charge in [0, 0.05) is 25.2 Å².